The van der Waals surface area contributed by atoms with Gasteiger partial charge in [-0.1, -0.05) is 0 Å². The molecule has 0 aromatic carbocycles. The first-order valence-electron chi connectivity index (χ1n) is 6.11. The second-order valence-electron chi connectivity index (χ2n) is 4.99. The van der Waals surface area contributed by atoms with Crippen molar-refractivity contribution >= 4 is 28.9 Å². The summed E-state index contributed by atoms with van der Waals surface area (Å²) in [6.07, 6.45) is 0. The molecule has 3 atom stereocenters. The van der Waals surface area contributed by atoms with Crippen molar-refractivity contribution in [3.05, 3.63) is 0 Å². The van der Waals surface area contributed by atoms with Crippen LogP contribution >= 0.6 is 0 Å². The van der Waals surface area contributed by atoms with Crippen LogP contribution in [0.1, 0.15) is 27.7 Å². The number of carbonyl (C=O) groups excluding carboxylic acids is 5. The molecule has 9 nitrogen and oxygen atoms in total. The highest BCUT2D eigenvalue weighted by Crippen LogP contribution is 2.37. The third kappa shape index (κ3) is 2.41. The number of Topliss-reactive ketones (excluding diaryl/α,β-unsaturated/α-hetero) is 5. The SMILES string of the molecule is CC(=O)C(=O)[C@@](O)(C(C)=O)[C@@](O)(C(C)=O)[C@](O)(CO)C(C)=O. The lowest BCUT2D eigenvalue weighted by molar-refractivity contribution is -0.231. The zero-order valence-corrected chi connectivity index (χ0v) is 12.5. The van der Waals surface area contributed by atoms with Gasteiger partial charge in [0.15, 0.2) is 28.7 Å². The molecular weight excluding hydrogens is 300 g/mol. The smallest absolute Gasteiger partial charge is 0.240 e. The lowest BCUT2D eigenvalue weighted by atomic mass is 9.63. The summed E-state index contributed by atoms with van der Waals surface area (Å²) >= 11 is 0. The largest absolute Gasteiger partial charge is 0.393 e. The van der Waals surface area contributed by atoms with Crippen LogP contribution in [0.25, 0.3) is 0 Å². The summed E-state index contributed by atoms with van der Waals surface area (Å²) in [7, 11) is 0. The van der Waals surface area contributed by atoms with E-state index in [1.807, 2.05) is 0 Å². The van der Waals surface area contributed by atoms with E-state index >= 15 is 0 Å². The topological polar surface area (TPSA) is 166 Å². The Kier molecular flexibility index (Phi) is 5.62. The Morgan fingerprint density at radius 3 is 1.36 bits per heavy atom. The molecule has 0 amide bonds. The number of hydrogen-bond acceptors (Lipinski definition) is 9. The van der Waals surface area contributed by atoms with E-state index in [1.54, 1.807) is 0 Å². The van der Waals surface area contributed by atoms with E-state index in [4.69, 9.17) is 0 Å². The van der Waals surface area contributed by atoms with Gasteiger partial charge in [0.25, 0.3) is 0 Å². The summed E-state index contributed by atoms with van der Waals surface area (Å²) in [6.45, 7) is 0.877. The van der Waals surface area contributed by atoms with E-state index < -0.39 is 52.3 Å². The van der Waals surface area contributed by atoms with Crippen LogP contribution in [0.15, 0.2) is 0 Å². The summed E-state index contributed by atoms with van der Waals surface area (Å²) in [5, 5.41) is 40.1. The molecule has 0 radical (unpaired) electrons. The maximum absolute atomic E-state index is 11.9. The first kappa shape index (κ1) is 20.2. The highest BCUT2D eigenvalue weighted by molar-refractivity contribution is 6.45. The van der Waals surface area contributed by atoms with E-state index in [-0.39, 0.29) is 0 Å². The molecular formula is C13H18O9. The van der Waals surface area contributed by atoms with Crippen molar-refractivity contribution in [2.45, 2.75) is 44.5 Å². The first-order valence-corrected chi connectivity index (χ1v) is 6.11. The molecule has 0 spiro atoms. The molecule has 4 N–H and O–H groups in total. The Morgan fingerprint density at radius 2 is 1.18 bits per heavy atom. The molecule has 0 unspecified atom stereocenters. The first-order chi connectivity index (χ1) is 9.74. The lowest BCUT2D eigenvalue weighted by Crippen LogP contribution is -2.79. The van der Waals surface area contributed by atoms with Crippen LogP contribution < -0.4 is 0 Å². The highest BCUT2D eigenvalue weighted by atomic mass is 16.4. The number of rotatable bonds is 8. The summed E-state index contributed by atoms with van der Waals surface area (Å²) in [6, 6.07) is 0. The molecule has 0 aromatic heterocycles. The molecule has 0 aliphatic heterocycles. The Labute approximate surface area is 125 Å². The van der Waals surface area contributed by atoms with Gasteiger partial charge in [0, 0.05) is 6.92 Å². The fraction of sp³-hybridized carbons (Fsp3) is 0.615. The number of hydrogen-bond donors (Lipinski definition) is 4. The number of aliphatic hydroxyl groups excluding tert-OH is 1. The van der Waals surface area contributed by atoms with Crippen molar-refractivity contribution in [3.63, 3.8) is 0 Å². The lowest BCUT2D eigenvalue weighted by Gasteiger charge is -2.46. The fourth-order valence-electron chi connectivity index (χ4n) is 2.16. The molecule has 0 rings (SSSR count). The molecule has 0 heterocycles. The van der Waals surface area contributed by atoms with Crippen molar-refractivity contribution in [2.24, 2.45) is 0 Å². The van der Waals surface area contributed by atoms with Gasteiger partial charge in [-0.15, -0.1) is 0 Å². The van der Waals surface area contributed by atoms with Gasteiger partial charge in [0.1, 0.15) is 0 Å². The molecule has 0 aliphatic carbocycles. The standard InChI is InChI=1S/C13H18O9/c1-6(15)10(19)12(21,8(3)17)13(22,9(4)18)11(20,5-14)7(2)16/h14,20-22H,5H2,1-4H3/t11-,12-,13+/m0/s1. The Hall–Kier alpha value is -1.81. The highest BCUT2D eigenvalue weighted by Gasteiger charge is 2.72. The van der Waals surface area contributed by atoms with Crippen LogP contribution in [0.5, 0.6) is 0 Å². The predicted molar refractivity (Wildman–Crippen MR) is 69.7 cm³/mol. The number of aliphatic hydroxyl groups is 4. The number of ketones is 5. The summed E-state index contributed by atoms with van der Waals surface area (Å²) < 4.78 is 0. The normalized spacial score (nSPS) is 19.3. The predicted octanol–water partition coefficient (Wildman–Crippen LogP) is -2.90. The van der Waals surface area contributed by atoms with Crippen LogP contribution in [-0.4, -0.2) is 72.8 Å². The zero-order valence-electron chi connectivity index (χ0n) is 12.5. The average molecular weight is 318 g/mol. The Bertz CT molecular complexity index is 552. The van der Waals surface area contributed by atoms with Crippen molar-refractivity contribution in [1.82, 2.24) is 0 Å². The van der Waals surface area contributed by atoms with Gasteiger partial charge in [0.2, 0.25) is 17.0 Å². The van der Waals surface area contributed by atoms with Crippen molar-refractivity contribution in [1.29, 1.82) is 0 Å². The number of carbonyl (C=O) groups is 5. The third-order valence-electron chi connectivity index (χ3n) is 3.60. The van der Waals surface area contributed by atoms with E-state index in [2.05, 4.69) is 0 Å². The molecule has 22 heavy (non-hydrogen) atoms. The maximum Gasteiger partial charge on any atom is 0.240 e. The van der Waals surface area contributed by atoms with Gasteiger partial charge < -0.3 is 20.4 Å². The van der Waals surface area contributed by atoms with Gasteiger partial charge in [-0.25, -0.2) is 0 Å². The summed E-state index contributed by atoms with van der Waals surface area (Å²) in [5.41, 5.74) is -10.8. The zero-order chi connectivity index (χ0) is 18.1. The van der Waals surface area contributed by atoms with Crippen molar-refractivity contribution in [2.75, 3.05) is 6.61 Å². The van der Waals surface area contributed by atoms with E-state index in [0.717, 1.165) is 0 Å². The summed E-state index contributed by atoms with van der Waals surface area (Å²) in [4.78, 5) is 58.2. The summed E-state index contributed by atoms with van der Waals surface area (Å²) in [5.74, 6) is -7.82. The molecule has 0 aliphatic rings. The second kappa shape index (κ2) is 6.13. The molecule has 9 heteroatoms. The quantitative estimate of drug-likeness (QED) is 0.271. The molecule has 0 saturated heterocycles. The average Bonchev–Trinajstić information content (AvgIpc) is 2.42. The van der Waals surface area contributed by atoms with Crippen LogP contribution in [0.2, 0.25) is 0 Å². The van der Waals surface area contributed by atoms with Crippen LogP contribution in [-0.2, 0) is 24.0 Å². The molecule has 0 bridgehead atoms. The van der Waals surface area contributed by atoms with E-state index in [1.165, 1.54) is 0 Å². The van der Waals surface area contributed by atoms with Crippen molar-refractivity contribution in [3.8, 4) is 0 Å². The van der Waals surface area contributed by atoms with Gasteiger partial charge in [-0.05, 0) is 20.8 Å². The fourth-order valence-corrected chi connectivity index (χ4v) is 2.16. The Balaban J connectivity index is 6.88. The minimum Gasteiger partial charge on any atom is -0.393 e. The second-order valence-corrected chi connectivity index (χ2v) is 4.99. The van der Waals surface area contributed by atoms with Crippen LogP contribution in [0.4, 0.5) is 0 Å². The van der Waals surface area contributed by atoms with Crippen LogP contribution in [0, 0.1) is 0 Å². The van der Waals surface area contributed by atoms with E-state index in [9.17, 15) is 44.4 Å². The van der Waals surface area contributed by atoms with Gasteiger partial charge in [-0.2, -0.15) is 0 Å². The van der Waals surface area contributed by atoms with Crippen molar-refractivity contribution < 1.29 is 44.4 Å². The van der Waals surface area contributed by atoms with Gasteiger partial charge in [0.05, 0.1) is 6.61 Å². The molecule has 124 valence electrons. The Morgan fingerprint density at radius 1 is 0.773 bits per heavy atom. The van der Waals surface area contributed by atoms with E-state index in [0.29, 0.717) is 27.7 Å². The third-order valence-corrected chi connectivity index (χ3v) is 3.60. The molecule has 0 fully saturated rings. The minimum atomic E-state index is -3.74. The van der Waals surface area contributed by atoms with Gasteiger partial charge in [-0.3, -0.25) is 24.0 Å². The molecule has 0 saturated carbocycles. The molecule has 0 aromatic rings. The maximum atomic E-state index is 11.9. The minimum absolute atomic E-state index is 0.574. The monoisotopic (exact) mass is 318 g/mol. The van der Waals surface area contributed by atoms with Crippen LogP contribution in [0.3, 0.4) is 0 Å². The van der Waals surface area contributed by atoms with Gasteiger partial charge >= 0.3 is 0 Å².